The molecule has 0 radical (unpaired) electrons. The van der Waals surface area contributed by atoms with E-state index in [1.807, 2.05) is 13.8 Å². The maximum atomic E-state index is 12.1. The highest BCUT2D eigenvalue weighted by Crippen LogP contribution is 2.20. The lowest BCUT2D eigenvalue weighted by molar-refractivity contribution is 0.0935. The summed E-state index contributed by atoms with van der Waals surface area (Å²) in [7, 11) is 1.56. The van der Waals surface area contributed by atoms with Crippen LogP contribution in [0.15, 0.2) is 33.5 Å². The zero-order chi connectivity index (χ0) is 15.4. The van der Waals surface area contributed by atoms with E-state index in [1.54, 1.807) is 25.3 Å². The van der Waals surface area contributed by atoms with Gasteiger partial charge in [0.05, 0.1) is 7.11 Å². The van der Waals surface area contributed by atoms with Crippen LogP contribution in [0.2, 0.25) is 0 Å². The summed E-state index contributed by atoms with van der Waals surface area (Å²) < 4.78 is 10.3. The highest BCUT2D eigenvalue weighted by Gasteiger charge is 2.15. The van der Waals surface area contributed by atoms with Gasteiger partial charge >= 0.3 is 5.63 Å². The Balaban J connectivity index is 2.37. The first-order valence-corrected chi connectivity index (χ1v) is 6.98. The van der Waals surface area contributed by atoms with Crippen molar-refractivity contribution in [3.05, 3.63) is 40.2 Å². The molecular formula is C16H19NO4. The third-order valence-electron chi connectivity index (χ3n) is 3.28. The molecule has 0 saturated carbocycles. The number of carbonyl (C=O) groups is 1. The number of ether oxygens (including phenoxy) is 1. The van der Waals surface area contributed by atoms with E-state index in [0.29, 0.717) is 16.7 Å². The Labute approximate surface area is 122 Å². The summed E-state index contributed by atoms with van der Waals surface area (Å²) in [6, 6.07) is 6.64. The molecule has 0 unspecified atom stereocenters. The number of nitrogens with one attached hydrogen (secondary N) is 1. The Morgan fingerprint density at radius 1 is 1.38 bits per heavy atom. The monoisotopic (exact) mass is 289 g/mol. The second-order valence-electron chi connectivity index (χ2n) is 5.01. The predicted octanol–water partition coefficient (Wildman–Crippen LogP) is 2.72. The first kappa shape index (κ1) is 15.1. The molecule has 0 saturated heterocycles. The van der Waals surface area contributed by atoms with Crippen LogP contribution in [-0.4, -0.2) is 19.1 Å². The smallest absolute Gasteiger partial charge is 0.349 e. The van der Waals surface area contributed by atoms with Crippen LogP contribution >= 0.6 is 0 Å². The number of amides is 1. The highest BCUT2D eigenvalue weighted by atomic mass is 16.5. The van der Waals surface area contributed by atoms with Gasteiger partial charge in [-0.1, -0.05) is 13.3 Å². The summed E-state index contributed by atoms with van der Waals surface area (Å²) in [4.78, 5) is 24.1. The molecule has 1 heterocycles. The van der Waals surface area contributed by atoms with Crippen LogP contribution in [0.4, 0.5) is 0 Å². The maximum absolute atomic E-state index is 12.1. The quantitative estimate of drug-likeness (QED) is 0.859. The van der Waals surface area contributed by atoms with E-state index in [4.69, 9.17) is 9.15 Å². The van der Waals surface area contributed by atoms with Crippen molar-refractivity contribution >= 4 is 16.9 Å². The fraction of sp³-hybridized carbons (Fsp3) is 0.375. The van der Waals surface area contributed by atoms with Crippen LogP contribution in [0, 0.1) is 0 Å². The lowest BCUT2D eigenvalue weighted by Gasteiger charge is -2.12. The van der Waals surface area contributed by atoms with Crippen molar-refractivity contribution in [3.8, 4) is 5.75 Å². The lowest BCUT2D eigenvalue weighted by Crippen LogP contribution is -2.35. The van der Waals surface area contributed by atoms with Crippen LogP contribution < -0.4 is 15.7 Å². The summed E-state index contributed by atoms with van der Waals surface area (Å²) >= 11 is 0. The Kier molecular flexibility index (Phi) is 4.62. The Morgan fingerprint density at radius 2 is 2.14 bits per heavy atom. The minimum absolute atomic E-state index is 0.0127. The highest BCUT2D eigenvalue weighted by molar-refractivity contribution is 5.96. The summed E-state index contributed by atoms with van der Waals surface area (Å²) in [6.45, 7) is 3.95. The molecule has 1 atom stereocenters. The van der Waals surface area contributed by atoms with Crippen molar-refractivity contribution in [1.82, 2.24) is 5.32 Å². The number of rotatable bonds is 5. The van der Waals surface area contributed by atoms with E-state index in [0.717, 1.165) is 12.8 Å². The molecule has 0 bridgehead atoms. The van der Waals surface area contributed by atoms with Gasteiger partial charge < -0.3 is 14.5 Å². The third-order valence-corrected chi connectivity index (χ3v) is 3.28. The standard InChI is InChI=1S/C16H19NO4/c1-4-5-10(2)17-15(18)13-9-11-8-12(20-3)6-7-14(11)21-16(13)19/h6-10H,4-5H2,1-3H3,(H,17,18)/t10-/m0/s1. The molecule has 0 fully saturated rings. The zero-order valence-electron chi connectivity index (χ0n) is 12.4. The summed E-state index contributed by atoms with van der Waals surface area (Å²) in [5.74, 6) is 0.233. The van der Waals surface area contributed by atoms with Crippen molar-refractivity contribution in [2.45, 2.75) is 32.7 Å². The van der Waals surface area contributed by atoms with E-state index in [1.165, 1.54) is 6.07 Å². The molecule has 2 aromatic rings. The summed E-state index contributed by atoms with van der Waals surface area (Å²) in [5, 5.41) is 3.46. The van der Waals surface area contributed by atoms with Gasteiger partial charge in [-0.15, -0.1) is 0 Å². The fourth-order valence-electron chi connectivity index (χ4n) is 2.19. The van der Waals surface area contributed by atoms with Crippen LogP contribution in [-0.2, 0) is 0 Å². The largest absolute Gasteiger partial charge is 0.497 e. The summed E-state index contributed by atoms with van der Waals surface area (Å²) in [5.41, 5.74) is -0.188. The molecule has 5 heteroatoms. The van der Waals surface area contributed by atoms with Gasteiger partial charge in [-0.25, -0.2) is 4.79 Å². The molecule has 112 valence electrons. The van der Waals surface area contributed by atoms with Crippen molar-refractivity contribution in [2.24, 2.45) is 0 Å². The number of benzene rings is 1. The number of hydrogen-bond acceptors (Lipinski definition) is 4. The molecule has 0 spiro atoms. The van der Waals surface area contributed by atoms with Crippen molar-refractivity contribution in [1.29, 1.82) is 0 Å². The molecule has 1 aromatic heterocycles. The second-order valence-corrected chi connectivity index (χ2v) is 5.01. The van der Waals surface area contributed by atoms with E-state index in [2.05, 4.69) is 5.32 Å². The molecule has 5 nitrogen and oxygen atoms in total. The molecule has 0 aliphatic rings. The van der Waals surface area contributed by atoms with E-state index < -0.39 is 11.5 Å². The maximum Gasteiger partial charge on any atom is 0.349 e. The van der Waals surface area contributed by atoms with Crippen LogP contribution in [0.5, 0.6) is 5.75 Å². The van der Waals surface area contributed by atoms with Gasteiger partial charge in [0, 0.05) is 11.4 Å². The third kappa shape index (κ3) is 3.42. The van der Waals surface area contributed by atoms with E-state index in [9.17, 15) is 9.59 Å². The van der Waals surface area contributed by atoms with Crippen LogP contribution in [0.3, 0.4) is 0 Å². The molecule has 1 amide bonds. The SMILES string of the molecule is CCC[C@H](C)NC(=O)c1cc2cc(OC)ccc2oc1=O. The lowest BCUT2D eigenvalue weighted by atomic mass is 10.1. The molecule has 0 aliphatic carbocycles. The Hall–Kier alpha value is -2.30. The van der Waals surface area contributed by atoms with Gasteiger partial charge in [-0.3, -0.25) is 4.79 Å². The Bertz CT molecular complexity index is 705. The fourth-order valence-corrected chi connectivity index (χ4v) is 2.19. The van der Waals surface area contributed by atoms with E-state index in [-0.39, 0.29) is 11.6 Å². The topological polar surface area (TPSA) is 68.5 Å². The predicted molar refractivity (Wildman–Crippen MR) is 80.9 cm³/mol. The average molecular weight is 289 g/mol. The van der Waals surface area contributed by atoms with Gasteiger partial charge in [0.2, 0.25) is 0 Å². The molecule has 2 rings (SSSR count). The van der Waals surface area contributed by atoms with E-state index >= 15 is 0 Å². The first-order valence-electron chi connectivity index (χ1n) is 6.98. The van der Waals surface area contributed by atoms with Gasteiger partial charge in [0.25, 0.3) is 5.91 Å². The van der Waals surface area contributed by atoms with Crippen molar-refractivity contribution in [2.75, 3.05) is 7.11 Å². The molecule has 0 aliphatic heterocycles. The van der Waals surface area contributed by atoms with Crippen LogP contribution in [0.1, 0.15) is 37.0 Å². The Morgan fingerprint density at radius 3 is 2.81 bits per heavy atom. The molecular weight excluding hydrogens is 270 g/mol. The first-order chi connectivity index (χ1) is 10.0. The van der Waals surface area contributed by atoms with Gasteiger partial charge in [-0.05, 0) is 37.6 Å². The van der Waals surface area contributed by atoms with Crippen molar-refractivity contribution in [3.63, 3.8) is 0 Å². The number of fused-ring (bicyclic) bond motifs is 1. The van der Waals surface area contributed by atoms with Gasteiger partial charge in [-0.2, -0.15) is 0 Å². The molecule has 21 heavy (non-hydrogen) atoms. The second kappa shape index (κ2) is 6.43. The summed E-state index contributed by atoms with van der Waals surface area (Å²) in [6.07, 6.45) is 1.82. The number of hydrogen-bond donors (Lipinski definition) is 1. The molecule has 1 aromatic carbocycles. The van der Waals surface area contributed by atoms with Crippen molar-refractivity contribution < 1.29 is 13.9 Å². The van der Waals surface area contributed by atoms with Gasteiger partial charge in [0.1, 0.15) is 16.9 Å². The zero-order valence-corrected chi connectivity index (χ0v) is 12.4. The average Bonchev–Trinajstić information content (AvgIpc) is 2.46. The minimum Gasteiger partial charge on any atom is -0.497 e. The number of carbonyl (C=O) groups excluding carboxylic acids is 1. The number of methoxy groups -OCH3 is 1. The normalized spacial score (nSPS) is 12.1. The van der Waals surface area contributed by atoms with Gasteiger partial charge in [0.15, 0.2) is 0 Å². The molecule has 1 N–H and O–H groups in total. The minimum atomic E-state index is -0.631. The van der Waals surface area contributed by atoms with Crippen LogP contribution in [0.25, 0.3) is 11.0 Å².